The van der Waals surface area contributed by atoms with Gasteiger partial charge in [0.05, 0.1) is 0 Å². The largest absolute Gasteiger partial charge is 0.451 e. The predicted molar refractivity (Wildman–Crippen MR) is 105 cm³/mol. The van der Waals surface area contributed by atoms with Gasteiger partial charge in [-0.05, 0) is 38.5 Å². The van der Waals surface area contributed by atoms with Crippen LogP contribution in [0, 0.1) is 5.92 Å². The summed E-state index contributed by atoms with van der Waals surface area (Å²) in [4.78, 5) is 62.3. The molecule has 0 aromatic heterocycles. The van der Waals surface area contributed by atoms with E-state index in [-0.39, 0.29) is 12.0 Å². The molecule has 3 aliphatic rings. The van der Waals surface area contributed by atoms with Crippen molar-refractivity contribution in [1.82, 2.24) is 20.9 Å². The van der Waals surface area contributed by atoms with Crippen LogP contribution in [0.2, 0.25) is 0 Å². The van der Waals surface area contributed by atoms with Crippen molar-refractivity contribution in [3.63, 3.8) is 0 Å². The van der Waals surface area contributed by atoms with Gasteiger partial charge in [-0.25, -0.2) is 9.59 Å². The molecule has 0 bridgehead atoms. The van der Waals surface area contributed by atoms with Gasteiger partial charge >= 0.3 is 18.0 Å². The third-order valence-electron chi connectivity index (χ3n) is 6.39. The zero-order valence-electron chi connectivity index (χ0n) is 17.5. The lowest BCUT2D eigenvalue weighted by Gasteiger charge is -2.36. The molecule has 3 rings (SSSR count). The first-order valence-corrected chi connectivity index (χ1v) is 10.7. The lowest BCUT2D eigenvalue weighted by atomic mass is 9.73. The maximum absolute atomic E-state index is 12.9. The number of urea groups is 2. The van der Waals surface area contributed by atoms with E-state index in [0.717, 1.165) is 49.8 Å². The Morgan fingerprint density at radius 3 is 2.50 bits per heavy atom. The summed E-state index contributed by atoms with van der Waals surface area (Å²) < 4.78 is 5.04. The Kier molecular flexibility index (Phi) is 6.62. The molecule has 1 spiro atoms. The van der Waals surface area contributed by atoms with Gasteiger partial charge in [0, 0.05) is 6.04 Å². The number of esters is 1. The quantitative estimate of drug-likeness (QED) is 0.450. The molecule has 10 nitrogen and oxygen atoms in total. The van der Waals surface area contributed by atoms with Crippen LogP contribution in [0.25, 0.3) is 0 Å². The minimum atomic E-state index is -1.24. The van der Waals surface area contributed by atoms with Crippen molar-refractivity contribution in [1.29, 1.82) is 0 Å². The van der Waals surface area contributed by atoms with Crippen LogP contribution in [-0.2, 0) is 19.1 Å². The van der Waals surface area contributed by atoms with Crippen molar-refractivity contribution in [3.05, 3.63) is 0 Å². The van der Waals surface area contributed by atoms with Gasteiger partial charge in [0.1, 0.15) is 12.1 Å². The molecule has 6 amide bonds. The molecule has 2 saturated carbocycles. The summed E-state index contributed by atoms with van der Waals surface area (Å²) in [5.74, 6) is -2.11. The first-order chi connectivity index (χ1) is 14.2. The molecule has 3 N–H and O–H groups in total. The highest BCUT2D eigenvalue weighted by Crippen LogP contribution is 2.38. The normalized spacial score (nSPS) is 27.7. The Labute approximate surface area is 175 Å². The summed E-state index contributed by atoms with van der Waals surface area (Å²) in [6.07, 6.45) is 5.77. The molecule has 3 fully saturated rings. The van der Waals surface area contributed by atoms with Gasteiger partial charge in [-0.2, -0.15) is 0 Å². The minimum Gasteiger partial charge on any atom is -0.451 e. The number of amides is 6. The van der Waals surface area contributed by atoms with Crippen LogP contribution in [-0.4, -0.2) is 59.0 Å². The van der Waals surface area contributed by atoms with E-state index in [1.54, 1.807) is 0 Å². The number of imide groups is 2. The summed E-state index contributed by atoms with van der Waals surface area (Å²) in [7, 11) is 0. The van der Waals surface area contributed by atoms with Gasteiger partial charge in [-0.1, -0.05) is 32.6 Å². The minimum absolute atomic E-state index is 0.0215. The molecule has 0 aromatic rings. The van der Waals surface area contributed by atoms with Crippen molar-refractivity contribution in [3.8, 4) is 0 Å². The predicted octanol–water partition coefficient (Wildman–Crippen LogP) is 1.19. The van der Waals surface area contributed by atoms with Crippen molar-refractivity contribution < 1.29 is 28.7 Å². The Morgan fingerprint density at radius 1 is 1.17 bits per heavy atom. The number of carbonyl (C=O) groups is 5. The molecule has 1 saturated heterocycles. The van der Waals surface area contributed by atoms with Crippen LogP contribution in [0.5, 0.6) is 0 Å². The van der Waals surface area contributed by atoms with Crippen LogP contribution in [0.3, 0.4) is 0 Å². The highest BCUT2D eigenvalue weighted by molar-refractivity contribution is 6.09. The van der Waals surface area contributed by atoms with Gasteiger partial charge < -0.3 is 15.4 Å². The van der Waals surface area contributed by atoms with Gasteiger partial charge in [0.2, 0.25) is 0 Å². The zero-order valence-corrected chi connectivity index (χ0v) is 17.5. The van der Waals surface area contributed by atoms with Crippen molar-refractivity contribution in [2.45, 2.75) is 82.9 Å². The molecule has 1 heterocycles. The standard InChI is InChI=1S/C20H30N4O6/c1-12-7-5-6-10-20(12)17(27)24(19(29)23-20)11-15(25)30-13(2)16(26)22-18(28)21-14-8-3-4-9-14/h12-14H,3-11H2,1-2H3,(H,23,29)(H2,21,22,26,28)/t12-,13-,20-/m0/s1. The third-order valence-corrected chi connectivity index (χ3v) is 6.39. The monoisotopic (exact) mass is 422 g/mol. The van der Waals surface area contributed by atoms with Gasteiger partial charge in [-0.3, -0.25) is 24.6 Å². The topological polar surface area (TPSA) is 134 Å². The molecule has 3 atom stereocenters. The van der Waals surface area contributed by atoms with Crippen molar-refractivity contribution >= 4 is 29.8 Å². The molecular weight excluding hydrogens is 392 g/mol. The highest BCUT2D eigenvalue weighted by Gasteiger charge is 2.55. The summed E-state index contributed by atoms with van der Waals surface area (Å²) in [6, 6.07) is -1.21. The van der Waals surface area contributed by atoms with E-state index >= 15 is 0 Å². The summed E-state index contributed by atoms with van der Waals surface area (Å²) >= 11 is 0. The van der Waals surface area contributed by atoms with Crippen molar-refractivity contribution in [2.75, 3.05) is 6.54 Å². The molecule has 1 aliphatic heterocycles. The second kappa shape index (κ2) is 9.01. The van der Waals surface area contributed by atoms with Crippen molar-refractivity contribution in [2.24, 2.45) is 5.92 Å². The number of nitrogens with one attached hydrogen (secondary N) is 3. The number of nitrogens with zero attached hydrogens (tertiary/aromatic N) is 1. The number of rotatable bonds is 5. The number of hydrogen-bond donors (Lipinski definition) is 3. The van der Waals surface area contributed by atoms with E-state index in [0.29, 0.717) is 6.42 Å². The van der Waals surface area contributed by atoms with Crippen LogP contribution in [0.1, 0.15) is 65.2 Å². The van der Waals surface area contributed by atoms with Crippen LogP contribution >= 0.6 is 0 Å². The first-order valence-electron chi connectivity index (χ1n) is 10.7. The fourth-order valence-electron chi connectivity index (χ4n) is 4.56. The molecule has 0 aromatic carbocycles. The molecule has 30 heavy (non-hydrogen) atoms. The fraction of sp³-hybridized carbons (Fsp3) is 0.750. The molecule has 166 valence electrons. The van der Waals surface area contributed by atoms with E-state index in [1.807, 2.05) is 6.92 Å². The van der Waals surface area contributed by atoms with Gasteiger partial charge in [0.25, 0.3) is 11.8 Å². The summed E-state index contributed by atoms with van der Waals surface area (Å²) in [6.45, 7) is 2.67. The number of hydrogen-bond acceptors (Lipinski definition) is 6. The van der Waals surface area contributed by atoms with E-state index in [1.165, 1.54) is 6.92 Å². The van der Waals surface area contributed by atoms with Gasteiger partial charge in [0.15, 0.2) is 6.10 Å². The Balaban J connectivity index is 1.49. The lowest BCUT2D eigenvalue weighted by Crippen LogP contribution is -2.54. The second-order valence-electron chi connectivity index (χ2n) is 8.52. The maximum atomic E-state index is 12.9. The summed E-state index contributed by atoms with van der Waals surface area (Å²) in [5.41, 5.74) is -0.961. The average Bonchev–Trinajstić information content (AvgIpc) is 3.27. The van der Waals surface area contributed by atoms with E-state index in [2.05, 4.69) is 16.0 Å². The fourth-order valence-corrected chi connectivity index (χ4v) is 4.56. The van der Waals surface area contributed by atoms with E-state index in [4.69, 9.17) is 4.74 Å². The van der Waals surface area contributed by atoms with Crippen LogP contribution in [0.4, 0.5) is 9.59 Å². The molecule has 0 unspecified atom stereocenters. The Morgan fingerprint density at radius 2 is 1.83 bits per heavy atom. The smallest absolute Gasteiger partial charge is 0.327 e. The summed E-state index contributed by atoms with van der Waals surface area (Å²) in [5, 5.41) is 7.62. The molecular formula is C20H30N4O6. The number of ether oxygens (including phenoxy) is 1. The van der Waals surface area contributed by atoms with E-state index < -0.39 is 48.0 Å². The molecule has 0 radical (unpaired) electrons. The van der Waals surface area contributed by atoms with Gasteiger partial charge in [-0.15, -0.1) is 0 Å². The lowest BCUT2D eigenvalue weighted by molar-refractivity contribution is -0.156. The second-order valence-corrected chi connectivity index (χ2v) is 8.52. The third kappa shape index (κ3) is 4.57. The molecule has 2 aliphatic carbocycles. The Bertz CT molecular complexity index is 735. The first kappa shape index (κ1) is 22.0. The Hall–Kier alpha value is -2.65. The van der Waals surface area contributed by atoms with Crippen LogP contribution < -0.4 is 16.0 Å². The SMILES string of the molecule is C[C@H](OC(=O)CN1C(=O)N[C@]2(CCCC[C@@H]2C)C1=O)C(=O)NC(=O)NC1CCCC1. The number of carbonyl (C=O) groups excluding carboxylic acids is 5. The van der Waals surface area contributed by atoms with Crippen LogP contribution in [0.15, 0.2) is 0 Å². The average molecular weight is 422 g/mol. The van der Waals surface area contributed by atoms with E-state index in [9.17, 15) is 24.0 Å². The highest BCUT2D eigenvalue weighted by atomic mass is 16.5. The zero-order chi connectivity index (χ0) is 21.9. The maximum Gasteiger partial charge on any atom is 0.327 e. The molecule has 10 heteroatoms.